The van der Waals surface area contributed by atoms with Crippen molar-refractivity contribution in [3.63, 3.8) is 0 Å². The number of nitrogens with zero attached hydrogens (tertiary/aromatic N) is 5. The number of aliphatic hydroxyl groups excluding tert-OH is 2. The van der Waals surface area contributed by atoms with Crippen LogP contribution in [0.4, 0.5) is 10.7 Å². The number of ether oxygens (including phenoxy) is 7. The summed E-state index contributed by atoms with van der Waals surface area (Å²) in [6.45, 7) is 18.9. The summed E-state index contributed by atoms with van der Waals surface area (Å²) < 4.78 is 42.1. The molecule has 4 fully saturated rings. The zero-order valence-electron chi connectivity index (χ0n) is 53.4. The minimum atomic E-state index is -2.47. The van der Waals surface area contributed by atoms with Gasteiger partial charge < -0.3 is 69.3 Å². The number of piperazine rings is 1. The number of allylic oxidation sites excluding steroid dienone is 5. The van der Waals surface area contributed by atoms with Crippen molar-refractivity contribution in [2.24, 2.45) is 35.3 Å². The highest BCUT2D eigenvalue weighted by atomic mass is 16.6. The number of rotatable bonds is 15. The molecule has 0 spiro atoms. The third-order valence-electron chi connectivity index (χ3n) is 18.4. The van der Waals surface area contributed by atoms with Gasteiger partial charge in [0.05, 0.1) is 31.0 Å². The maximum atomic E-state index is 14.8. The molecular weight excluding hydrogens is 1120 g/mol. The van der Waals surface area contributed by atoms with Gasteiger partial charge in [0.2, 0.25) is 11.7 Å². The lowest BCUT2D eigenvalue weighted by atomic mass is 9.80. The number of hydrogen-bond acceptors (Lipinski definition) is 20. The van der Waals surface area contributed by atoms with Crippen LogP contribution in [0.2, 0.25) is 0 Å². The Balaban J connectivity index is 1.16. The van der Waals surface area contributed by atoms with E-state index in [0.717, 1.165) is 57.9 Å². The highest BCUT2D eigenvalue weighted by molar-refractivity contribution is 6.39. The molecular formula is C65H103N7O15. The van der Waals surface area contributed by atoms with Crippen molar-refractivity contribution in [3.8, 4) is 0 Å². The number of nitrogens with one attached hydrogen (secondary N) is 1. The van der Waals surface area contributed by atoms with E-state index in [9.17, 15) is 39.3 Å². The molecule has 1 aliphatic carbocycles. The molecule has 0 radical (unpaired) electrons. The van der Waals surface area contributed by atoms with E-state index in [1.807, 2.05) is 51.2 Å². The molecule has 1 saturated carbocycles. The van der Waals surface area contributed by atoms with Crippen LogP contribution < -0.4 is 16.0 Å². The lowest BCUT2D eigenvalue weighted by Crippen LogP contribution is -2.61. The average Bonchev–Trinajstić information content (AvgIpc) is 1.41. The number of amides is 2. The summed E-state index contributed by atoms with van der Waals surface area (Å²) in [4.78, 5) is 85.4. The van der Waals surface area contributed by atoms with Gasteiger partial charge in [-0.1, -0.05) is 71.1 Å². The molecule has 488 valence electrons. The number of methoxy groups -OCH3 is 3. The summed E-state index contributed by atoms with van der Waals surface area (Å²) in [6.07, 6.45) is 12.7. The van der Waals surface area contributed by atoms with Crippen LogP contribution >= 0.6 is 0 Å². The lowest BCUT2D eigenvalue weighted by Gasteiger charge is -2.43. The SMILES string of the molecule is CCCOCCN1CCN(c2ncc(CNC(=O)O[C@@H]3CC[C@@H](C[C@@H](N)[C@@H]4C[C@@H](OC)[C@H](C)/C=C(\C)[C@@H](O)[C@@H](O)C(=O)[C@H](C)C[C@H](C)/C=C/C=C/C=C(\C)[C@@H](OC)C[C@@H]5CC[C@@H](C)[C@@](O)(O5)C(=O)C(=O)N5CCCC[C@H]5C(=O)O4)C[C@H]3OC)cn2)CC1. The number of nitrogens with two attached hydrogens (primary N) is 1. The first kappa shape index (κ1) is 71.1. The highest BCUT2D eigenvalue weighted by Crippen LogP contribution is 2.38. The Kier molecular flexibility index (Phi) is 28.4. The van der Waals surface area contributed by atoms with E-state index in [1.165, 1.54) is 12.0 Å². The molecule has 16 atom stereocenters. The molecule has 22 nitrogen and oxygen atoms in total. The standard InChI is InChI=1S/C65H103N7O15/c1-11-30-84-31-29-70-25-27-71(28-26-70)63-67-38-48(39-68-63)40-69-64(79)86-52-23-21-47(35-56(52)83-10)34-50(66)55-37-54(82-9)43(4)33-45(6)58(74)59(75)57(73)44(5)32-41(2)17-13-12-14-18-42(3)53(81-8)36-49-22-20-46(7)65(80,87-49)60(76)61(77)72-24-16-15-19-51(72)62(78)85-55/h12-14,17-18,33,38-39,41,43-44,46-47,49-56,58-59,74-75,80H,11,15-16,19-32,34-37,40,66H2,1-10H3,(H,69,79)/b14-12+,17-13+,42-18+,45-33+/t41-,43-,44-,46-,47+,49+,50-,51+,52-,53+,54-,55+,56-,58-,59+,65-/m1/s1. The molecule has 6 N–H and O–H groups in total. The number of cyclic esters (lactones) is 1. The van der Waals surface area contributed by atoms with E-state index in [-0.39, 0.29) is 37.8 Å². The number of esters is 1. The van der Waals surface area contributed by atoms with Crippen LogP contribution in [0.5, 0.6) is 0 Å². The number of aliphatic hydroxyl groups is 3. The van der Waals surface area contributed by atoms with E-state index >= 15 is 0 Å². The Bertz CT molecular complexity index is 2490. The van der Waals surface area contributed by atoms with Gasteiger partial charge in [0.25, 0.3) is 11.7 Å². The average molecular weight is 1220 g/mol. The van der Waals surface area contributed by atoms with Gasteiger partial charge in [-0.25, -0.2) is 19.6 Å². The quantitative estimate of drug-likeness (QED) is 0.0588. The van der Waals surface area contributed by atoms with Gasteiger partial charge >= 0.3 is 12.1 Å². The molecule has 6 rings (SSSR count). The van der Waals surface area contributed by atoms with Crippen molar-refractivity contribution < 1.29 is 72.5 Å². The number of piperidine rings is 1. The molecule has 2 amide bonds. The summed E-state index contributed by atoms with van der Waals surface area (Å²) in [6, 6.07) is -1.99. The first-order valence-electron chi connectivity index (χ1n) is 31.8. The van der Waals surface area contributed by atoms with Crippen molar-refractivity contribution in [1.82, 2.24) is 25.1 Å². The molecule has 1 aromatic rings. The Labute approximate surface area is 515 Å². The zero-order valence-corrected chi connectivity index (χ0v) is 53.4. The highest BCUT2D eigenvalue weighted by Gasteiger charge is 2.53. The molecule has 1 aromatic heterocycles. The maximum absolute atomic E-state index is 14.8. The summed E-state index contributed by atoms with van der Waals surface area (Å²) in [5, 5.41) is 37.6. The Hall–Kier alpha value is -5.01. The number of Topliss-reactive ketones (excluding diaryl/α,β-unsaturated/α-hetero) is 2. The number of anilines is 1. The molecule has 2 bridgehead atoms. The van der Waals surface area contributed by atoms with Gasteiger partial charge in [0, 0.05) is 128 Å². The molecule has 0 aromatic carbocycles. The zero-order chi connectivity index (χ0) is 63.4. The third kappa shape index (κ3) is 20.2. The van der Waals surface area contributed by atoms with Crippen LogP contribution in [0.3, 0.4) is 0 Å². The number of aromatic nitrogens is 2. The number of carbonyl (C=O) groups is 5. The van der Waals surface area contributed by atoms with Crippen LogP contribution in [-0.2, 0) is 58.9 Å². The largest absolute Gasteiger partial charge is 0.459 e. The predicted molar refractivity (Wildman–Crippen MR) is 328 cm³/mol. The van der Waals surface area contributed by atoms with Crippen molar-refractivity contribution in [3.05, 3.63) is 65.6 Å². The second-order valence-corrected chi connectivity index (χ2v) is 25.0. The Morgan fingerprint density at radius 2 is 1.54 bits per heavy atom. The molecule has 3 saturated heterocycles. The minimum absolute atomic E-state index is 0.0432. The van der Waals surface area contributed by atoms with Gasteiger partial charge in [-0.05, 0) is 107 Å². The van der Waals surface area contributed by atoms with Crippen molar-refractivity contribution in [2.75, 3.05) is 78.7 Å². The monoisotopic (exact) mass is 1220 g/mol. The lowest BCUT2D eigenvalue weighted by molar-refractivity contribution is -0.265. The molecule has 4 aliphatic heterocycles. The predicted octanol–water partition coefficient (Wildman–Crippen LogP) is 5.94. The van der Waals surface area contributed by atoms with E-state index < -0.39 is 114 Å². The normalized spacial score (nSPS) is 35.2. The van der Waals surface area contributed by atoms with E-state index in [2.05, 4.69) is 32.0 Å². The molecule has 5 heterocycles. The second kappa shape index (κ2) is 34.8. The molecule has 87 heavy (non-hydrogen) atoms. The van der Waals surface area contributed by atoms with Gasteiger partial charge in [0.15, 0.2) is 5.78 Å². The van der Waals surface area contributed by atoms with Crippen LogP contribution in [-0.4, -0.2) is 205 Å². The van der Waals surface area contributed by atoms with Crippen molar-refractivity contribution >= 4 is 35.5 Å². The smallest absolute Gasteiger partial charge is 0.407 e. The fourth-order valence-electron chi connectivity index (χ4n) is 12.8. The van der Waals surface area contributed by atoms with Gasteiger partial charge in [-0.15, -0.1) is 0 Å². The Morgan fingerprint density at radius 3 is 2.23 bits per heavy atom. The van der Waals surface area contributed by atoms with E-state index in [0.29, 0.717) is 81.3 Å². The minimum Gasteiger partial charge on any atom is -0.459 e. The number of ketones is 2. The summed E-state index contributed by atoms with van der Waals surface area (Å²) >= 11 is 0. The van der Waals surface area contributed by atoms with Gasteiger partial charge in [-0.2, -0.15) is 0 Å². The maximum Gasteiger partial charge on any atom is 0.407 e. The summed E-state index contributed by atoms with van der Waals surface area (Å²) in [7, 11) is 4.64. The Morgan fingerprint density at radius 1 is 0.816 bits per heavy atom. The van der Waals surface area contributed by atoms with Crippen LogP contribution in [0.15, 0.2) is 60.0 Å². The summed E-state index contributed by atoms with van der Waals surface area (Å²) in [5.74, 6) is -7.20. The van der Waals surface area contributed by atoms with Crippen molar-refractivity contribution in [2.45, 2.75) is 205 Å². The fraction of sp³-hybridized carbons (Fsp3) is 0.738. The second-order valence-electron chi connectivity index (χ2n) is 25.0. The van der Waals surface area contributed by atoms with E-state index in [1.54, 1.807) is 53.5 Å². The van der Waals surface area contributed by atoms with Crippen molar-refractivity contribution in [1.29, 1.82) is 0 Å². The van der Waals surface area contributed by atoms with Crippen LogP contribution in [0.25, 0.3) is 0 Å². The van der Waals surface area contributed by atoms with Crippen LogP contribution in [0, 0.1) is 29.6 Å². The third-order valence-corrected chi connectivity index (χ3v) is 18.4. The van der Waals surface area contributed by atoms with Crippen LogP contribution in [0.1, 0.15) is 138 Å². The van der Waals surface area contributed by atoms with Gasteiger partial charge in [-0.3, -0.25) is 19.3 Å². The topological polar surface area (TPSA) is 284 Å². The number of alkyl carbamates (subject to hydrolysis) is 1. The molecule has 0 unspecified atom stereocenters. The first-order valence-corrected chi connectivity index (χ1v) is 31.8. The van der Waals surface area contributed by atoms with Gasteiger partial charge in [0.1, 0.15) is 30.5 Å². The first-order chi connectivity index (χ1) is 41.6. The van der Waals surface area contributed by atoms with E-state index in [4.69, 9.17) is 38.9 Å². The fourth-order valence-corrected chi connectivity index (χ4v) is 12.8. The number of carbonyl (C=O) groups excluding carboxylic acids is 5. The molecule has 22 heteroatoms. The number of hydrogen-bond donors (Lipinski definition) is 5. The number of fused-ring (bicyclic) bond motifs is 3. The summed E-state index contributed by atoms with van der Waals surface area (Å²) in [5.41, 5.74) is 9.07. The molecule has 5 aliphatic rings.